The molecule has 0 bridgehead atoms. The minimum atomic E-state index is -3.07. The molecule has 1 heterocycles. The van der Waals surface area contributed by atoms with Crippen molar-refractivity contribution in [1.29, 1.82) is 0 Å². The van der Waals surface area contributed by atoms with Gasteiger partial charge in [0, 0.05) is 0 Å². The maximum absolute atomic E-state index is 11.0. The molecule has 0 radical (unpaired) electrons. The van der Waals surface area contributed by atoms with E-state index in [0.717, 1.165) is 0 Å². The Morgan fingerprint density at radius 3 is 2.70 bits per heavy atom. The van der Waals surface area contributed by atoms with Gasteiger partial charge in [-0.3, -0.25) is 0 Å². The second kappa shape index (κ2) is 2.94. The van der Waals surface area contributed by atoms with E-state index < -0.39 is 9.84 Å². The van der Waals surface area contributed by atoms with E-state index >= 15 is 0 Å². The van der Waals surface area contributed by atoms with E-state index in [1.165, 1.54) is 11.3 Å². The van der Waals surface area contributed by atoms with E-state index in [4.69, 9.17) is 0 Å². The molecule has 1 rings (SSSR count). The first-order valence-electron chi connectivity index (χ1n) is 2.54. The van der Waals surface area contributed by atoms with Crippen molar-refractivity contribution in [1.82, 2.24) is 0 Å². The molecule has 0 saturated heterocycles. The standard InChI is InChI=1S/C5H6O2S3/c6-10(7,4-8)5-2-1-3-9-5/h1-3,8H,4H2. The molecular weight excluding hydrogens is 188 g/mol. The number of hydrogen-bond donors (Lipinski definition) is 1. The fourth-order valence-electron chi connectivity index (χ4n) is 0.504. The summed E-state index contributed by atoms with van der Waals surface area (Å²) >= 11 is 4.92. The smallest absolute Gasteiger partial charge is 0.196 e. The third-order valence-electron chi connectivity index (χ3n) is 0.972. The van der Waals surface area contributed by atoms with Gasteiger partial charge in [-0.2, -0.15) is 12.6 Å². The molecular formula is C5H6O2S3. The van der Waals surface area contributed by atoms with Gasteiger partial charge in [-0.1, -0.05) is 6.07 Å². The minimum absolute atomic E-state index is 0.118. The fraction of sp³-hybridized carbons (Fsp3) is 0.200. The molecule has 0 spiro atoms. The highest BCUT2D eigenvalue weighted by atomic mass is 32.3. The predicted octanol–water partition coefficient (Wildman–Crippen LogP) is 1.41. The van der Waals surface area contributed by atoms with E-state index in [2.05, 4.69) is 12.6 Å². The lowest BCUT2D eigenvalue weighted by Gasteiger charge is -1.92. The molecule has 0 N–H and O–H groups in total. The molecule has 10 heavy (non-hydrogen) atoms. The highest BCUT2D eigenvalue weighted by molar-refractivity contribution is 8.04. The second-order valence-electron chi connectivity index (χ2n) is 1.68. The van der Waals surface area contributed by atoms with E-state index in [9.17, 15) is 8.42 Å². The van der Waals surface area contributed by atoms with Crippen LogP contribution in [0.4, 0.5) is 0 Å². The van der Waals surface area contributed by atoms with Crippen molar-refractivity contribution >= 4 is 33.8 Å². The number of hydrogen-bond acceptors (Lipinski definition) is 4. The maximum Gasteiger partial charge on any atom is 0.196 e. The van der Waals surface area contributed by atoms with Gasteiger partial charge in [-0.15, -0.1) is 11.3 Å². The molecule has 0 amide bonds. The summed E-state index contributed by atoms with van der Waals surface area (Å²) in [5.41, 5.74) is 0. The lowest BCUT2D eigenvalue weighted by Crippen LogP contribution is -1.98. The average molecular weight is 194 g/mol. The summed E-state index contributed by atoms with van der Waals surface area (Å²) in [5, 5.41) is 1.61. The van der Waals surface area contributed by atoms with Gasteiger partial charge in [0.2, 0.25) is 0 Å². The molecule has 0 fully saturated rings. The highest BCUT2D eigenvalue weighted by Crippen LogP contribution is 2.17. The first kappa shape index (κ1) is 8.10. The lowest BCUT2D eigenvalue weighted by molar-refractivity contribution is 0.603. The summed E-state index contributed by atoms with van der Waals surface area (Å²) in [4.78, 5) is 0. The van der Waals surface area contributed by atoms with Gasteiger partial charge in [0.25, 0.3) is 0 Å². The third kappa shape index (κ3) is 1.53. The molecule has 56 valence electrons. The van der Waals surface area contributed by atoms with Crippen LogP contribution in [0.2, 0.25) is 0 Å². The number of rotatable bonds is 2. The van der Waals surface area contributed by atoms with Gasteiger partial charge in [0.1, 0.15) is 4.21 Å². The van der Waals surface area contributed by atoms with Crippen molar-refractivity contribution in [3.63, 3.8) is 0 Å². The Hall–Kier alpha value is -0.0000000000000000833. The SMILES string of the molecule is O=S(=O)(CS)c1cccs1. The van der Waals surface area contributed by atoms with Crippen LogP contribution in [-0.4, -0.2) is 13.5 Å². The maximum atomic E-state index is 11.0. The fourth-order valence-corrected chi connectivity index (χ4v) is 2.97. The quantitative estimate of drug-likeness (QED) is 0.722. The lowest BCUT2D eigenvalue weighted by atomic mass is 10.7. The molecule has 0 aliphatic carbocycles. The van der Waals surface area contributed by atoms with Crippen LogP contribution in [-0.2, 0) is 9.84 Å². The Morgan fingerprint density at radius 1 is 1.60 bits per heavy atom. The Labute approximate surface area is 69.2 Å². The zero-order chi connectivity index (χ0) is 7.61. The van der Waals surface area contributed by atoms with Crippen LogP contribution in [0.1, 0.15) is 0 Å². The number of thiophene rings is 1. The van der Waals surface area contributed by atoms with E-state index in [1.54, 1.807) is 17.5 Å². The van der Waals surface area contributed by atoms with Crippen molar-refractivity contribution in [3.8, 4) is 0 Å². The summed E-state index contributed by atoms with van der Waals surface area (Å²) in [6, 6.07) is 3.29. The van der Waals surface area contributed by atoms with Gasteiger partial charge in [0.05, 0.1) is 5.08 Å². The van der Waals surface area contributed by atoms with Gasteiger partial charge in [-0.25, -0.2) is 8.42 Å². The van der Waals surface area contributed by atoms with Crippen molar-refractivity contribution in [3.05, 3.63) is 17.5 Å². The molecule has 0 aliphatic rings. The van der Waals surface area contributed by atoms with Crippen LogP contribution in [0, 0.1) is 0 Å². The van der Waals surface area contributed by atoms with Crippen LogP contribution in [0.3, 0.4) is 0 Å². The Balaban J connectivity index is 3.09. The summed E-state index contributed by atoms with van der Waals surface area (Å²) < 4.78 is 22.4. The molecule has 5 heteroatoms. The third-order valence-corrected chi connectivity index (χ3v) is 4.79. The largest absolute Gasteiger partial charge is 0.222 e. The Morgan fingerprint density at radius 2 is 2.30 bits per heavy atom. The van der Waals surface area contributed by atoms with Crippen LogP contribution in [0.15, 0.2) is 21.7 Å². The topological polar surface area (TPSA) is 34.1 Å². The normalized spacial score (nSPS) is 11.7. The predicted molar refractivity (Wildman–Crippen MR) is 45.4 cm³/mol. The zero-order valence-electron chi connectivity index (χ0n) is 5.02. The van der Waals surface area contributed by atoms with Crippen LogP contribution in [0.5, 0.6) is 0 Å². The van der Waals surface area contributed by atoms with E-state index in [0.29, 0.717) is 4.21 Å². The first-order chi connectivity index (χ1) is 4.67. The van der Waals surface area contributed by atoms with Crippen LogP contribution >= 0.6 is 24.0 Å². The van der Waals surface area contributed by atoms with Crippen molar-refractivity contribution < 1.29 is 8.42 Å². The van der Waals surface area contributed by atoms with Crippen molar-refractivity contribution in [2.75, 3.05) is 5.08 Å². The zero-order valence-corrected chi connectivity index (χ0v) is 7.55. The van der Waals surface area contributed by atoms with Gasteiger partial charge in [0.15, 0.2) is 9.84 Å². The summed E-state index contributed by atoms with van der Waals surface area (Å²) in [6.45, 7) is 0. The number of thiol groups is 1. The van der Waals surface area contributed by atoms with Gasteiger partial charge < -0.3 is 0 Å². The first-order valence-corrected chi connectivity index (χ1v) is 5.70. The highest BCUT2D eigenvalue weighted by Gasteiger charge is 2.11. The van der Waals surface area contributed by atoms with Gasteiger partial charge >= 0.3 is 0 Å². The van der Waals surface area contributed by atoms with E-state index in [1.807, 2.05) is 0 Å². The molecule has 1 aromatic rings. The monoisotopic (exact) mass is 194 g/mol. The molecule has 1 aromatic heterocycles. The average Bonchev–Trinajstić information content (AvgIpc) is 2.38. The summed E-state index contributed by atoms with van der Waals surface area (Å²) in [5.74, 6) is 0. The summed E-state index contributed by atoms with van der Waals surface area (Å²) in [7, 11) is -3.07. The Kier molecular flexibility index (Phi) is 2.38. The molecule has 0 unspecified atom stereocenters. The molecule has 2 nitrogen and oxygen atoms in total. The summed E-state index contributed by atoms with van der Waals surface area (Å²) in [6.07, 6.45) is 0. The second-order valence-corrected chi connectivity index (χ2v) is 5.58. The van der Waals surface area contributed by atoms with E-state index in [-0.39, 0.29) is 5.08 Å². The molecule has 0 aromatic carbocycles. The van der Waals surface area contributed by atoms with Crippen LogP contribution < -0.4 is 0 Å². The van der Waals surface area contributed by atoms with Crippen LogP contribution in [0.25, 0.3) is 0 Å². The molecule has 0 aliphatic heterocycles. The molecule has 0 atom stereocenters. The number of sulfone groups is 1. The Bertz CT molecular complexity index is 285. The van der Waals surface area contributed by atoms with Crippen molar-refractivity contribution in [2.45, 2.75) is 4.21 Å². The van der Waals surface area contributed by atoms with Gasteiger partial charge in [-0.05, 0) is 11.4 Å². The molecule has 0 saturated carbocycles. The van der Waals surface area contributed by atoms with Crippen molar-refractivity contribution in [2.24, 2.45) is 0 Å². The minimum Gasteiger partial charge on any atom is -0.222 e.